The molecule has 0 heterocycles. The van der Waals surface area contributed by atoms with Gasteiger partial charge in [-0.05, 0) is 49.8 Å². The summed E-state index contributed by atoms with van der Waals surface area (Å²) < 4.78 is 19.7. The van der Waals surface area contributed by atoms with Gasteiger partial charge in [0, 0.05) is 12.1 Å². The molecule has 1 aromatic carbocycles. The normalized spacial score (nSPS) is 24.9. The zero-order chi connectivity index (χ0) is 14.8. The van der Waals surface area contributed by atoms with Crippen molar-refractivity contribution >= 4 is 0 Å². The average molecular weight is 279 g/mol. The minimum atomic E-state index is -0.196. The predicted octanol–water partition coefficient (Wildman–Crippen LogP) is 4.07. The molecule has 2 atom stereocenters. The molecular formula is C17H26FNO. The van der Waals surface area contributed by atoms with Gasteiger partial charge in [0.1, 0.15) is 17.7 Å². The maximum absolute atomic E-state index is 13.6. The number of ether oxygens (including phenoxy) is 1. The zero-order valence-electron chi connectivity index (χ0n) is 13.0. The largest absolute Gasteiger partial charge is 0.489 e. The molecule has 2 nitrogen and oxygen atoms in total. The number of hydrogen-bond donors (Lipinski definition) is 1. The second kappa shape index (κ2) is 6.13. The van der Waals surface area contributed by atoms with Gasteiger partial charge >= 0.3 is 0 Å². The molecule has 20 heavy (non-hydrogen) atoms. The lowest BCUT2D eigenvalue weighted by atomic mass is 9.87. The van der Waals surface area contributed by atoms with Crippen LogP contribution in [0.4, 0.5) is 4.39 Å². The van der Waals surface area contributed by atoms with Crippen LogP contribution >= 0.6 is 0 Å². The molecule has 0 saturated heterocycles. The fraction of sp³-hybridized carbons (Fsp3) is 0.647. The summed E-state index contributed by atoms with van der Waals surface area (Å²) in [4.78, 5) is 0. The fourth-order valence-electron chi connectivity index (χ4n) is 3.00. The molecule has 1 N–H and O–H groups in total. The van der Waals surface area contributed by atoms with E-state index in [-0.39, 0.29) is 17.3 Å². The molecule has 1 aliphatic rings. The highest BCUT2D eigenvalue weighted by Gasteiger charge is 2.42. The standard InChI is InChI=1S/C17H26FNO/c1-5-10-19-16-15(8-9-17(16,3)4)20-13-7-6-12(2)14(18)11-13/h6-7,11,15-16,19H,5,8-10H2,1-4H3. The summed E-state index contributed by atoms with van der Waals surface area (Å²) in [6.07, 6.45) is 3.38. The maximum atomic E-state index is 13.6. The molecule has 1 aromatic rings. The summed E-state index contributed by atoms with van der Waals surface area (Å²) in [5, 5.41) is 3.60. The lowest BCUT2D eigenvalue weighted by Gasteiger charge is -2.31. The van der Waals surface area contributed by atoms with Gasteiger partial charge in [-0.2, -0.15) is 0 Å². The summed E-state index contributed by atoms with van der Waals surface area (Å²) in [5.41, 5.74) is 0.882. The molecule has 0 bridgehead atoms. The number of benzene rings is 1. The van der Waals surface area contributed by atoms with Gasteiger partial charge in [-0.15, -0.1) is 0 Å². The van der Waals surface area contributed by atoms with Crippen LogP contribution < -0.4 is 10.1 Å². The second-order valence-electron chi connectivity index (χ2n) is 6.53. The predicted molar refractivity (Wildman–Crippen MR) is 80.6 cm³/mol. The van der Waals surface area contributed by atoms with Crippen molar-refractivity contribution in [3.05, 3.63) is 29.6 Å². The first kappa shape index (κ1) is 15.3. The van der Waals surface area contributed by atoms with Gasteiger partial charge in [-0.3, -0.25) is 0 Å². The molecule has 2 unspecified atom stereocenters. The molecule has 0 radical (unpaired) electrons. The van der Waals surface area contributed by atoms with Crippen molar-refractivity contribution in [1.82, 2.24) is 5.32 Å². The molecule has 0 aromatic heterocycles. The third-order valence-corrected chi connectivity index (χ3v) is 4.33. The van der Waals surface area contributed by atoms with Crippen LogP contribution in [0.1, 0.15) is 45.6 Å². The Hall–Kier alpha value is -1.09. The third-order valence-electron chi connectivity index (χ3n) is 4.33. The van der Waals surface area contributed by atoms with Crippen molar-refractivity contribution in [3.63, 3.8) is 0 Å². The molecule has 2 rings (SSSR count). The summed E-state index contributed by atoms with van der Waals surface area (Å²) >= 11 is 0. The Balaban J connectivity index is 2.08. The average Bonchev–Trinajstić information content (AvgIpc) is 2.67. The van der Waals surface area contributed by atoms with Crippen molar-refractivity contribution in [2.24, 2.45) is 5.41 Å². The minimum Gasteiger partial charge on any atom is -0.489 e. The minimum absolute atomic E-state index is 0.124. The van der Waals surface area contributed by atoms with Crippen LogP contribution in [-0.2, 0) is 0 Å². The highest BCUT2D eigenvalue weighted by Crippen LogP contribution is 2.39. The molecule has 112 valence electrons. The van der Waals surface area contributed by atoms with Crippen LogP contribution in [0.15, 0.2) is 18.2 Å². The van der Waals surface area contributed by atoms with Gasteiger partial charge in [0.25, 0.3) is 0 Å². The van der Waals surface area contributed by atoms with Crippen LogP contribution in [0.25, 0.3) is 0 Å². The van der Waals surface area contributed by atoms with Crippen LogP contribution in [0.3, 0.4) is 0 Å². The molecule has 0 amide bonds. The highest BCUT2D eigenvalue weighted by molar-refractivity contribution is 5.28. The fourth-order valence-corrected chi connectivity index (χ4v) is 3.00. The first-order valence-corrected chi connectivity index (χ1v) is 7.60. The Morgan fingerprint density at radius 1 is 1.40 bits per heavy atom. The monoisotopic (exact) mass is 279 g/mol. The smallest absolute Gasteiger partial charge is 0.129 e. The van der Waals surface area contributed by atoms with E-state index in [0.29, 0.717) is 17.4 Å². The van der Waals surface area contributed by atoms with E-state index >= 15 is 0 Å². The van der Waals surface area contributed by atoms with Gasteiger partial charge < -0.3 is 10.1 Å². The lowest BCUT2D eigenvalue weighted by Crippen LogP contribution is -2.47. The SMILES string of the molecule is CCCNC1C(Oc2ccc(C)c(F)c2)CCC1(C)C. The maximum Gasteiger partial charge on any atom is 0.129 e. The molecule has 1 fully saturated rings. The number of hydrogen-bond acceptors (Lipinski definition) is 2. The van der Waals surface area contributed by atoms with E-state index in [2.05, 4.69) is 26.1 Å². The van der Waals surface area contributed by atoms with Gasteiger partial charge in [-0.1, -0.05) is 26.8 Å². The Kier molecular flexibility index (Phi) is 4.69. The number of halogens is 1. The molecule has 1 saturated carbocycles. The van der Waals surface area contributed by atoms with Gasteiger partial charge in [0.2, 0.25) is 0 Å². The van der Waals surface area contributed by atoms with E-state index in [1.807, 2.05) is 6.07 Å². The number of aryl methyl sites for hydroxylation is 1. The van der Waals surface area contributed by atoms with Gasteiger partial charge in [-0.25, -0.2) is 4.39 Å². The molecule has 0 aliphatic heterocycles. The van der Waals surface area contributed by atoms with Crippen LogP contribution in [0.2, 0.25) is 0 Å². The first-order chi connectivity index (χ1) is 9.44. The second-order valence-corrected chi connectivity index (χ2v) is 6.53. The molecule has 3 heteroatoms. The lowest BCUT2D eigenvalue weighted by molar-refractivity contribution is 0.140. The van der Waals surface area contributed by atoms with Gasteiger partial charge in [0.15, 0.2) is 0 Å². The van der Waals surface area contributed by atoms with Gasteiger partial charge in [0.05, 0.1) is 0 Å². The van der Waals surface area contributed by atoms with E-state index in [1.54, 1.807) is 13.0 Å². The Morgan fingerprint density at radius 3 is 2.80 bits per heavy atom. The van der Waals surface area contributed by atoms with Crippen LogP contribution in [0.5, 0.6) is 5.75 Å². The zero-order valence-corrected chi connectivity index (χ0v) is 13.0. The van der Waals surface area contributed by atoms with E-state index < -0.39 is 0 Å². The summed E-state index contributed by atoms with van der Waals surface area (Å²) in [6.45, 7) is 9.48. The van der Waals surface area contributed by atoms with E-state index in [0.717, 1.165) is 25.8 Å². The van der Waals surface area contributed by atoms with Crippen LogP contribution in [0, 0.1) is 18.2 Å². The molecule has 1 aliphatic carbocycles. The topological polar surface area (TPSA) is 21.3 Å². The Labute approximate surface area is 121 Å². The summed E-state index contributed by atoms with van der Waals surface area (Å²) in [5.74, 6) is 0.442. The number of rotatable bonds is 5. The van der Waals surface area contributed by atoms with E-state index in [4.69, 9.17) is 4.74 Å². The van der Waals surface area contributed by atoms with Crippen LogP contribution in [-0.4, -0.2) is 18.7 Å². The van der Waals surface area contributed by atoms with E-state index in [1.165, 1.54) is 6.07 Å². The quantitative estimate of drug-likeness (QED) is 0.877. The molecular weight excluding hydrogens is 253 g/mol. The van der Waals surface area contributed by atoms with Crippen molar-refractivity contribution in [2.45, 2.75) is 59.1 Å². The Morgan fingerprint density at radius 2 is 2.15 bits per heavy atom. The van der Waals surface area contributed by atoms with Crippen molar-refractivity contribution < 1.29 is 9.13 Å². The van der Waals surface area contributed by atoms with Crippen molar-refractivity contribution in [2.75, 3.05) is 6.54 Å². The summed E-state index contributed by atoms with van der Waals surface area (Å²) in [7, 11) is 0. The third kappa shape index (κ3) is 3.32. The van der Waals surface area contributed by atoms with E-state index in [9.17, 15) is 4.39 Å². The first-order valence-electron chi connectivity index (χ1n) is 7.60. The molecule has 0 spiro atoms. The van der Waals surface area contributed by atoms with Crippen molar-refractivity contribution in [1.29, 1.82) is 0 Å². The van der Waals surface area contributed by atoms with Crippen molar-refractivity contribution in [3.8, 4) is 5.75 Å². The Bertz CT molecular complexity index is 458. The number of nitrogens with one attached hydrogen (secondary N) is 1. The summed E-state index contributed by atoms with van der Waals surface area (Å²) in [6, 6.07) is 5.46. The highest BCUT2D eigenvalue weighted by atomic mass is 19.1.